The lowest BCUT2D eigenvalue weighted by Gasteiger charge is -2.35. The third-order valence-electron chi connectivity index (χ3n) is 2.04. The molecule has 0 heterocycles. The Balaban J connectivity index is 4.85. The molecule has 0 bridgehead atoms. The monoisotopic (exact) mass is 218 g/mol. The van der Waals surface area contributed by atoms with Gasteiger partial charge < -0.3 is 8.85 Å². The summed E-state index contributed by atoms with van der Waals surface area (Å²) in [6, 6.07) is 0. The van der Waals surface area contributed by atoms with E-state index in [1.54, 1.807) is 6.55 Å². The van der Waals surface area contributed by atoms with Crippen LogP contribution in [0.2, 0.25) is 11.6 Å². The minimum Gasteiger partial charge on any atom is -0.485 e. The molecule has 0 saturated carbocycles. The van der Waals surface area contributed by atoms with Gasteiger partial charge in [0.25, 0.3) is 11.9 Å². The van der Waals surface area contributed by atoms with Crippen LogP contribution in [-0.4, -0.2) is 20.5 Å². The maximum atomic E-state index is 10.9. The van der Waals surface area contributed by atoms with Gasteiger partial charge in [-0.1, -0.05) is 20.8 Å². The number of rotatable bonds is 2. The standard InChI is InChI=1S/C9H18O4Si/c1-7(10)12-14(6,9(3,4)5)13-8(2)11/h1-6H3. The third-order valence-corrected chi connectivity index (χ3v) is 6.12. The van der Waals surface area contributed by atoms with Crippen molar-refractivity contribution in [3.05, 3.63) is 0 Å². The SMILES string of the molecule is CC(=O)O[Si](C)(OC(C)=O)C(C)(C)C. The molecule has 0 aliphatic heterocycles. The van der Waals surface area contributed by atoms with Gasteiger partial charge in [-0.25, -0.2) is 0 Å². The molecule has 0 radical (unpaired) electrons. The quantitative estimate of drug-likeness (QED) is 0.665. The van der Waals surface area contributed by atoms with Crippen molar-refractivity contribution in [2.45, 2.75) is 46.2 Å². The summed E-state index contributed by atoms with van der Waals surface area (Å²) < 4.78 is 10.3. The van der Waals surface area contributed by atoms with Crippen LogP contribution in [0.15, 0.2) is 0 Å². The van der Waals surface area contributed by atoms with Crippen LogP contribution < -0.4 is 0 Å². The topological polar surface area (TPSA) is 52.6 Å². The maximum Gasteiger partial charge on any atom is 0.466 e. The summed E-state index contributed by atoms with van der Waals surface area (Å²) in [5, 5.41) is -0.329. The Kier molecular flexibility index (Phi) is 3.88. The van der Waals surface area contributed by atoms with Gasteiger partial charge in [0.2, 0.25) is 0 Å². The van der Waals surface area contributed by atoms with Crippen molar-refractivity contribution >= 4 is 20.5 Å². The average molecular weight is 218 g/mol. The van der Waals surface area contributed by atoms with Gasteiger partial charge >= 0.3 is 8.56 Å². The minimum absolute atomic E-state index is 0.329. The summed E-state index contributed by atoms with van der Waals surface area (Å²) >= 11 is 0. The van der Waals surface area contributed by atoms with Crippen LogP contribution in [0, 0.1) is 0 Å². The van der Waals surface area contributed by atoms with Crippen LogP contribution in [0.5, 0.6) is 0 Å². The number of carbonyl (C=O) groups is 2. The lowest BCUT2D eigenvalue weighted by molar-refractivity contribution is -0.139. The average Bonchev–Trinajstić information content (AvgIpc) is 1.78. The fourth-order valence-electron chi connectivity index (χ4n) is 0.876. The van der Waals surface area contributed by atoms with Gasteiger partial charge in [-0.05, 0) is 0 Å². The Labute approximate surface area is 85.8 Å². The molecule has 0 aromatic rings. The van der Waals surface area contributed by atoms with Crippen LogP contribution in [0.3, 0.4) is 0 Å². The summed E-state index contributed by atoms with van der Waals surface area (Å²) in [5.41, 5.74) is 0. The van der Waals surface area contributed by atoms with E-state index in [9.17, 15) is 9.59 Å². The van der Waals surface area contributed by atoms with E-state index in [-0.39, 0.29) is 5.04 Å². The zero-order valence-corrected chi connectivity index (χ0v) is 10.6. The number of hydrogen-bond acceptors (Lipinski definition) is 4. The Hall–Kier alpha value is -0.843. The molecule has 0 aliphatic carbocycles. The van der Waals surface area contributed by atoms with Crippen LogP contribution in [0.25, 0.3) is 0 Å². The van der Waals surface area contributed by atoms with E-state index in [0.29, 0.717) is 0 Å². The zero-order chi connectivity index (χ0) is 11.6. The molecule has 0 fully saturated rings. The van der Waals surface area contributed by atoms with Crippen LogP contribution in [0.1, 0.15) is 34.6 Å². The minimum atomic E-state index is -2.78. The number of carbonyl (C=O) groups excluding carboxylic acids is 2. The molecule has 82 valence electrons. The normalized spacial score (nSPS) is 12.1. The van der Waals surface area contributed by atoms with E-state index in [0.717, 1.165) is 0 Å². The summed E-state index contributed by atoms with van der Waals surface area (Å²) in [6.07, 6.45) is 0. The molecule has 0 N–H and O–H groups in total. The summed E-state index contributed by atoms with van der Waals surface area (Å²) in [4.78, 5) is 21.8. The molecule has 14 heavy (non-hydrogen) atoms. The van der Waals surface area contributed by atoms with Crippen molar-refractivity contribution in [1.29, 1.82) is 0 Å². The van der Waals surface area contributed by atoms with Crippen LogP contribution >= 0.6 is 0 Å². The van der Waals surface area contributed by atoms with Gasteiger partial charge in [0.05, 0.1) is 0 Å². The summed E-state index contributed by atoms with van der Waals surface area (Å²) in [6.45, 7) is 10.0. The molecule has 0 aliphatic rings. The molecule has 4 nitrogen and oxygen atoms in total. The van der Waals surface area contributed by atoms with Gasteiger partial charge in [-0.15, -0.1) is 0 Å². The fraction of sp³-hybridized carbons (Fsp3) is 0.778. The summed E-state index contributed by atoms with van der Waals surface area (Å²) in [5.74, 6) is -0.814. The Morgan fingerprint density at radius 1 is 1.00 bits per heavy atom. The maximum absolute atomic E-state index is 10.9. The second-order valence-corrected chi connectivity index (χ2v) is 8.18. The summed E-state index contributed by atoms with van der Waals surface area (Å²) in [7, 11) is -2.78. The zero-order valence-electron chi connectivity index (χ0n) is 9.63. The molecule has 0 unspecified atom stereocenters. The van der Waals surface area contributed by atoms with E-state index >= 15 is 0 Å². The molecule has 0 aromatic heterocycles. The molecular formula is C9H18O4Si. The van der Waals surface area contributed by atoms with Crippen molar-refractivity contribution in [2.24, 2.45) is 0 Å². The first kappa shape index (κ1) is 13.2. The van der Waals surface area contributed by atoms with Gasteiger partial charge in [0.15, 0.2) is 0 Å². The molecular weight excluding hydrogens is 200 g/mol. The highest BCUT2D eigenvalue weighted by Gasteiger charge is 2.50. The van der Waals surface area contributed by atoms with Gasteiger partial charge in [0, 0.05) is 25.4 Å². The highest BCUT2D eigenvalue weighted by molar-refractivity contribution is 6.71. The Morgan fingerprint density at radius 2 is 1.29 bits per heavy atom. The molecule has 0 atom stereocenters. The molecule has 0 aromatic carbocycles. The third kappa shape index (κ3) is 3.49. The van der Waals surface area contributed by atoms with Crippen molar-refractivity contribution < 1.29 is 18.4 Å². The van der Waals surface area contributed by atoms with Crippen molar-refractivity contribution in [1.82, 2.24) is 0 Å². The Bertz CT molecular complexity index is 226. The van der Waals surface area contributed by atoms with Crippen molar-refractivity contribution in [3.8, 4) is 0 Å². The van der Waals surface area contributed by atoms with Crippen LogP contribution in [-0.2, 0) is 18.4 Å². The first-order valence-electron chi connectivity index (χ1n) is 4.47. The van der Waals surface area contributed by atoms with Gasteiger partial charge in [-0.3, -0.25) is 9.59 Å². The first-order chi connectivity index (χ1) is 6.08. The number of hydrogen-bond donors (Lipinski definition) is 0. The molecule has 0 saturated heterocycles. The highest BCUT2D eigenvalue weighted by atomic mass is 28.4. The Morgan fingerprint density at radius 3 is 1.43 bits per heavy atom. The predicted molar refractivity (Wildman–Crippen MR) is 54.9 cm³/mol. The predicted octanol–water partition coefficient (Wildman–Crippen LogP) is 1.98. The van der Waals surface area contributed by atoms with Crippen molar-refractivity contribution in [3.63, 3.8) is 0 Å². The molecule has 5 heteroatoms. The van der Waals surface area contributed by atoms with Crippen molar-refractivity contribution in [2.75, 3.05) is 0 Å². The van der Waals surface area contributed by atoms with E-state index in [2.05, 4.69) is 0 Å². The second-order valence-electron chi connectivity index (χ2n) is 4.38. The second kappa shape index (κ2) is 4.12. The smallest absolute Gasteiger partial charge is 0.466 e. The van der Waals surface area contributed by atoms with E-state index in [1.165, 1.54) is 13.8 Å². The highest BCUT2D eigenvalue weighted by Crippen LogP contribution is 2.37. The lowest BCUT2D eigenvalue weighted by Crippen LogP contribution is -2.49. The van der Waals surface area contributed by atoms with E-state index in [1.807, 2.05) is 20.8 Å². The largest absolute Gasteiger partial charge is 0.485 e. The van der Waals surface area contributed by atoms with Gasteiger partial charge in [-0.2, -0.15) is 0 Å². The molecule has 0 amide bonds. The molecule has 0 spiro atoms. The van der Waals surface area contributed by atoms with Crippen LogP contribution in [0.4, 0.5) is 0 Å². The fourth-order valence-corrected chi connectivity index (χ4v) is 2.63. The van der Waals surface area contributed by atoms with E-state index in [4.69, 9.17) is 8.85 Å². The van der Waals surface area contributed by atoms with Gasteiger partial charge in [0.1, 0.15) is 0 Å². The molecule has 0 rings (SSSR count). The van der Waals surface area contributed by atoms with E-state index < -0.39 is 20.5 Å². The first-order valence-corrected chi connectivity index (χ1v) is 6.79. The lowest BCUT2D eigenvalue weighted by atomic mass is 10.3.